The van der Waals surface area contributed by atoms with Gasteiger partial charge in [-0.05, 0) is 19.3 Å². The number of methoxy groups -OCH3 is 3. The molecule has 0 bridgehead atoms. The van der Waals surface area contributed by atoms with Crippen LogP contribution in [0.25, 0.3) is 0 Å². The molecule has 3 nitrogen and oxygen atoms in total. The van der Waals surface area contributed by atoms with E-state index in [1.54, 1.807) is 21.3 Å². The highest BCUT2D eigenvalue weighted by atomic mass is 28.1. The third-order valence-electron chi connectivity index (χ3n) is 2.80. The summed E-state index contributed by atoms with van der Waals surface area (Å²) < 4.78 is 16.2. The first-order valence-electron chi connectivity index (χ1n) is 5.38. The van der Waals surface area contributed by atoms with E-state index in [1.807, 2.05) is 6.08 Å². The molecule has 0 aliphatic carbocycles. The van der Waals surface area contributed by atoms with Crippen LogP contribution in [0.5, 0.6) is 0 Å². The van der Waals surface area contributed by atoms with Crippen LogP contribution in [0.2, 0.25) is 0 Å². The fraction of sp³-hybridized carbons (Fsp3) is 0.818. The van der Waals surface area contributed by atoms with Gasteiger partial charge in [0.2, 0.25) is 0 Å². The van der Waals surface area contributed by atoms with E-state index in [1.165, 1.54) is 0 Å². The van der Waals surface area contributed by atoms with Crippen molar-refractivity contribution in [3.63, 3.8) is 0 Å². The number of allylic oxidation sites excluding steroid dienone is 1. The van der Waals surface area contributed by atoms with Crippen molar-refractivity contribution in [2.45, 2.75) is 37.2 Å². The molecular weight excluding hydrogens is 208 g/mol. The van der Waals surface area contributed by atoms with Crippen molar-refractivity contribution in [1.29, 1.82) is 0 Å². The maximum Gasteiger partial charge on any atom is 0.165 e. The highest BCUT2D eigenvalue weighted by Crippen LogP contribution is 2.20. The zero-order chi connectivity index (χ0) is 11.7. The molecule has 15 heavy (non-hydrogen) atoms. The van der Waals surface area contributed by atoms with Gasteiger partial charge >= 0.3 is 0 Å². The lowest BCUT2D eigenvalue weighted by molar-refractivity contribution is -0.209. The molecule has 0 aliphatic heterocycles. The van der Waals surface area contributed by atoms with Crippen LogP contribution in [0.3, 0.4) is 0 Å². The van der Waals surface area contributed by atoms with Gasteiger partial charge in [-0.1, -0.05) is 12.5 Å². The topological polar surface area (TPSA) is 27.7 Å². The third-order valence-corrected chi connectivity index (χ3v) is 4.27. The summed E-state index contributed by atoms with van der Waals surface area (Å²) in [6.07, 6.45) is 6.27. The standard InChI is InChI=1S/C11H24O3Si/c1-5-6-7-8-9-10(12-2)11(15,13-3)14-4/h5,10H,1,6-9H2,2-4,15H3. The molecule has 0 rings (SSSR count). The highest BCUT2D eigenvalue weighted by Gasteiger charge is 2.33. The first-order chi connectivity index (χ1) is 7.14. The van der Waals surface area contributed by atoms with Gasteiger partial charge in [-0.2, -0.15) is 0 Å². The van der Waals surface area contributed by atoms with Crippen LogP contribution in [-0.2, 0) is 14.2 Å². The average molecular weight is 232 g/mol. The number of hydrogen-bond donors (Lipinski definition) is 0. The predicted molar refractivity (Wildman–Crippen MR) is 66.2 cm³/mol. The lowest BCUT2D eigenvalue weighted by Gasteiger charge is -2.34. The summed E-state index contributed by atoms with van der Waals surface area (Å²) in [4.78, 5) is 0. The summed E-state index contributed by atoms with van der Waals surface area (Å²) in [5, 5.41) is 0. The monoisotopic (exact) mass is 232 g/mol. The number of rotatable bonds is 9. The predicted octanol–water partition coefficient (Wildman–Crippen LogP) is 1.06. The maximum absolute atomic E-state index is 5.44. The van der Waals surface area contributed by atoms with E-state index in [0.717, 1.165) is 35.9 Å². The first kappa shape index (κ1) is 14.8. The van der Waals surface area contributed by atoms with E-state index in [-0.39, 0.29) is 6.10 Å². The second-order valence-electron chi connectivity index (χ2n) is 3.72. The summed E-state index contributed by atoms with van der Waals surface area (Å²) in [7, 11) is 5.85. The molecule has 0 N–H and O–H groups in total. The van der Waals surface area contributed by atoms with Gasteiger partial charge in [0.05, 0.1) is 10.2 Å². The van der Waals surface area contributed by atoms with Crippen molar-refractivity contribution < 1.29 is 14.2 Å². The molecule has 0 heterocycles. The van der Waals surface area contributed by atoms with Gasteiger partial charge in [0.1, 0.15) is 6.10 Å². The number of unbranched alkanes of at least 4 members (excludes halogenated alkanes) is 2. The summed E-state index contributed by atoms with van der Waals surface area (Å²) in [6.45, 7) is 3.70. The molecule has 0 fully saturated rings. The van der Waals surface area contributed by atoms with E-state index >= 15 is 0 Å². The van der Waals surface area contributed by atoms with Crippen molar-refractivity contribution in [1.82, 2.24) is 0 Å². The Hall–Kier alpha value is -0.163. The molecule has 90 valence electrons. The Labute approximate surface area is 96.2 Å². The minimum Gasteiger partial charge on any atom is -0.376 e. The van der Waals surface area contributed by atoms with Crippen LogP contribution in [0.1, 0.15) is 25.7 Å². The van der Waals surface area contributed by atoms with Gasteiger partial charge in [-0.15, -0.1) is 6.58 Å². The SMILES string of the molecule is C=CCCCCC(OC)C([SiH3])(OC)OC. The Kier molecular flexibility index (Phi) is 7.96. The zero-order valence-corrected chi connectivity index (χ0v) is 12.4. The van der Waals surface area contributed by atoms with Crippen molar-refractivity contribution >= 4 is 10.2 Å². The van der Waals surface area contributed by atoms with Crippen molar-refractivity contribution in [3.05, 3.63) is 12.7 Å². The largest absolute Gasteiger partial charge is 0.376 e. The Morgan fingerprint density at radius 2 is 1.87 bits per heavy atom. The fourth-order valence-electron chi connectivity index (χ4n) is 1.56. The Bertz CT molecular complexity index is 169. The molecule has 0 amide bonds. The minimum atomic E-state index is -0.511. The molecule has 0 aliphatic rings. The molecule has 0 spiro atoms. The van der Waals surface area contributed by atoms with E-state index in [0.29, 0.717) is 0 Å². The lowest BCUT2D eigenvalue weighted by atomic mass is 10.1. The normalized spacial score (nSPS) is 14.1. The molecule has 1 unspecified atom stereocenters. The highest BCUT2D eigenvalue weighted by molar-refractivity contribution is 6.13. The third kappa shape index (κ3) is 4.93. The first-order valence-corrected chi connectivity index (χ1v) is 6.38. The molecular formula is C11H24O3Si. The molecule has 0 saturated heterocycles. The number of hydrogen-bond acceptors (Lipinski definition) is 3. The van der Waals surface area contributed by atoms with E-state index in [4.69, 9.17) is 14.2 Å². The van der Waals surface area contributed by atoms with Crippen molar-refractivity contribution in [2.75, 3.05) is 21.3 Å². The van der Waals surface area contributed by atoms with Gasteiger partial charge in [0, 0.05) is 21.3 Å². The molecule has 4 heteroatoms. The van der Waals surface area contributed by atoms with Gasteiger partial charge in [0.15, 0.2) is 5.41 Å². The molecule has 0 saturated carbocycles. The van der Waals surface area contributed by atoms with Crippen LogP contribution in [0.15, 0.2) is 12.7 Å². The Morgan fingerprint density at radius 1 is 1.27 bits per heavy atom. The Morgan fingerprint density at radius 3 is 2.27 bits per heavy atom. The van der Waals surface area contributed by atoms with Crippen molar-refractivity contribution in [2.24, 2.45) is 0 Å². The van der Waals surface area contributed by atoms with Gasteiger partial charge in [0.25, 0.3) is 0 Å². The summed E-state index contributed by atoms with van der Waals surface area (Å²) >= 11 is 0. The lowest BCUT2D eigenvalue weighted by Crippen LogP contribution is -2.47. The van der Waals surface area contributed by atoms with Crippen LogP contribution < -0.4 is 0 Å². The van der Waals surface area contributed by atoms with Gasteiger partial charge in [-0.25, -0.2) is 0 Å². The minimum absolute atomic E-state index is 0.0315. The zero-order valence-electron chi connectivity index (χ0n) is 10.4. The van der Waals surface area contributed by atoms with E-state index in [2.05, 4.69) is 6.58 Å². The van der Waals surface area contributed by atoms with Gasteiger partial charge in [-0.3, -0.25) is 0 Å². The second-order valence-corrected chi connectivity index (χ2v) is 5.12. The average Bonchev–Trinajstić information content (AvgIpc) is 2.28. The van der Waals surface area contributed by atoms with Crippen LogP contribution >= 0.6 is 0 Å². The van der Waals surface area contributed by atoms with E-state index < -0.39 is 5.41 Å². The van der Waals surface area contributed by atoms with Crippen LogP contribution in [-0.4, -0.2) is 43.1 Å². The maximum atomic E-state index is 5.44. The molecule has 0 aromatic rings. The summed E-state index contributed by atoms with van der Waals surface area (Å²) in [6, 6.07) is 0. The van der Waals surface area contributed by atoms with Crippen LogP contribution in [0.4, 0.5) is 0 Å². The summed E-state index contributed by atoms with van der Waals surface area (Å²) in [5.74, 6) is 0. The van der Waals surface area contributed by atoms with Crippen LogP contribution in [0, 0.1) is 0 Å². The molecule has 0 aromatic carbocycles. The smallest absolute Gasteiger partial charge is 0.165 e. The molecule has 1 atom stereocenters. The fourth-order valence-corrected chi connectivity index (χ4v) is 2.08. The Balaban J connectivity index is 4.04. The molecule has 0 radical (unpaired) electrons. The molecule has 0 aromatic heterocycles. The van der Waals surface area contributed by atoms with E-state index in [9.17, 15) is 0 Å². The van der Waals surface area contributed by atoms with Gasteiger partial charge < -0.3 is 14.2 Å². The second kappa shape index (κ2) is 8.04. The number of ether oxygens (including phenoxy) is 3. The summed E-state index contributed by atoms with van der Waals surface area (Å²) in [5.41, 5.74) is -0.511. The van der Waals surface area contributed by atoms with Crippen molar-refractivity contribution in [3.8, 4) is 0 Å². The quantitative estimate of drug-likeness (QED) is 0.257.